The van der Waals surface area contributed by atoms with Gasteiger partial charge in [-0.05, 0) is 37.1 Å². The molecule has 1 rings (SSSR count). The Hall–Kier alpha value is -1.68. The van der Waals surface area contributed by atoms with Gasteiger partial charge in [0.1, 0.15) is 0 Å². The number of benzene rings is 1. The Balaban J connectivity index is 3.33. The quantitative estimate of drug-likeness (QED) is 0.615. The predicted octanol–water partition coefficient (Wildman–Crippen LogP) is 1.23. The van der Waals surface area contributed by atoms with Gasteiger partial charge in [0.2, 0.25) is 0 Å². The van der Waals surface area contributed by atoms with Crippen molar-refractivity contribution in [2.75, 3.05) is 13.7 Å². The van der Waals surface area contributed by atoms with E-state index in [0.29, 0.717) is 11.1 Å². The smallest absolute Gasteiger partial charge is 0.337 e. The lowest BCUT2D eigenvalue weighted by Gasteiger charge is -2.09. The van der Waals surface area contributed by atoms with Crippen molar-refractivity contribution in [1.29, 1.82) is 0 Å². The molecule has 0 aliphatic carbocycles. The van der Waals surface area contributed by atoms with E-state index >= 15 is 0 Å². The molecule has 16 heavy (non-hydrogen) atoms. The molecular weight excluding hydrogens is 206 g/mol. The summed E-state index contributed by atoms with van der Waals surface area (Å²) in [5.41, 5.74) is 7.91. The van der Waals surface area contributed by atoms with Gasteiger partial charge in [0.25, 0.3) is 0 Å². The topological polar surface area (TPSA) is 69.4 Å². The monoisotopic (exact) mass is 221 g/mol. The molecule has 4 nitrogen and oxygen atoms in total. The van der Waals surface area contributed by atoms with Crippen LogP contribution in [0.25, 0.3) is 0 Å². The molecule has 0 fully saturated rings. The van der Waals surface area contributed by atoms with Crippen molar-refractivity contribution in [1.82, 2.24) is 0 Å². The van der Waals surface area contributed by atoms with Crippen molar-refractivity contribution in [3.05, 3.63) is 34.4 Å². The van der Waals surface area contributed by atoms with Gasteiger partial charge in [-0.3, -0.25) is 4.79 Å². The lowest BCUT2D eigenvalue weighted by Crippen LogP contribution is -2.16. The number of hydrogen-bond donors (Lipinski definition) is 1. The SMILES string of the molecule is COC(=O)c1cc(C)c(C)c(C(=O)CN)c1. The largest absolute Gasteiger partial charge is 0.465 e. The molecule has 0 amide bonds. The lowest BCUT2D eigenvalue weighted by atomic mass is 9.97. The summed E-state index contributed by atoms with van der Waals surface area (Å²) in [5.74, 6) is -0.625. The normalized spacial score (nSPS) is 10.0. The van der Waals surface area contributed by atoms with Gasteiger partial charge in [-0.25, -0.2) is 4.79 Å². The Morgan fingerprint density at radius 2 is 1.94 bits per heavy atom. The standard InChI is InChI=1S/C12H15NO3/c1-7-4-9(12(15)16-3)5-10(8(7)2)11(14)6-13/h4-5H,6,13H2,1-3H3. The minimum Gasteiger partial charge on any atom is -0.465 e. The van der Waals surface area contributed by atoms with E-state index in [1.807, 2.05) is 13.8 Å². The van der Waals surface area contributed by atoms with Gasteiger partial charge in [-0.1, -0.05) is 0 Å². The molecule has 1 aromatic rings. The molecule has 2 N–H and O–H groups in total. The van der Waals surface area contributed by atoms with Gasteiger partial charge in [0.15, 0.2) is 5.78 Å². The average molecular weight is 221 g/mol. The van der Waals surface area contributed by atoms with E-state index < -0.39 is 5.97 Å². The minimum atomic E-state index is -0.450. The maximum absolute atomic E-state index is 11.6. The summed E-state index contributed by atoms with van der Waals surface area (Å²) in [6.07, 6.45) is 0. The van der Waals surface area contributed by atoms with E-state index in [1.54, 1.807) is 6.07 Å². The Bertz CT molecular complexity index is 438. The maximum Gasteiger partial charge on any atom is 0.337 e. The number of carbonyl (C=O) groups excluding carboxylic acids is 2. The van der Waals surface area contributed by atoms with Crippen LogP contribution in [0.2, 0.25) is 0 Å². The van der Waals surface area contributed by atoms with E-state index in [9.17, 15) is 9.59 Å². The molecule has 0 saturated carbocycles. The first-order chi connectivity index (χ1) is 7.51. The van der Waals surface area contributed by atoms with Crippen LogP contribution in [0, 0.1) is 13.8 Å². The van der Waals surface area contributed by atoms with Crippen molar-refractivity contribution in [3.8, 4) is 0 Å². The first kappa shape index (κ1) is 12.4. The molecule has 0 aliphatic heterocycles. The molecule has 0 saturated heterocycles. The first-order valence-electron chi connectivity index (χ1n) is 4.94. The van der Waals surface area contributed by atoms with Gasteiger partial charge in [-0.15, -0.1) is 0 Å². The molecule has 0 atom stereocenters. The van der Waals surface area contributed by atoms with Gasteiger partial charge < -0.3 is 10.5 Å². The van der Waals surface area contributed by atoms with Crippen LogP contribution >= 0.6 is 0 Å². The number of ketones is 1. The molecule has 0 unspecified atom stereocenters. The first-order valence-corrected chi connectivity index (χ1v) is 4.94. The second-order valence-corrected chi connectivity index (χ2v) is 3.58. The number of carbonyl (C=O) groups is 2. The van der Waals surface area contributed by atoms with Crippen LogP contribution in [0.1, 0.15) is 31.8 Å². The Morgan fingerprint density at radius 1 is 1.31 bits per heavy atom. The van der Waals surface area contributed by atoms with Gasteiger partial charge in [0.05, 0.1) is 19.2 Å². The molecule has 4 heteroatoms. The molecule has 0 bridgehead atoms. The van der Waals surface area contributed by atoms with E-state index in [4.69, 9.17) is 5.73 Å². The van der Waals surface area contributed by atoms with Crippen LogP contribution in [0.5, 0.6) is 0 Å². The fraction of sp³-hybridized carbons (Fsp3) is 0.333. The van der Waals surface area contributed by atoms with E-state index in [-0.39, 0.29) is 12.3 Å². The molecule has 0 aromatic heterocycles. The Labute approximate surface area is 94.4 Å². The number of nitrogens with two attached hydrogens (primary N) is 1. The number of rotatable bonds is 3. The van der Waals surface area contributed by atoms with Crippen molar-refractivity contribution in [2.24, 2.45) is 5.73 Å². The number of aryl methyl sites for hydroxylation is 1. The van der Waals surface area contributed by atoms with E-state index in [0.717, 1.165) is 11.1 Å². The molecule has 0 heterocycles. The van der Waals surface area contributed by atoms with Crippen LogP contribution in [0.3, 0.4) is 0 Å². The van der Waals surface area contributed by atoms with Gasteiger partial charge in [0, 0.05) is 5.56 Å². The molecule has 0 aliphatic rings. The van der Waals surface area contributed by atoms with Crippen molar-refractivity contribution >= 4 is 11.8 Å². The fourth-order valence-corrected chi connectivity index (χ4v) is 1.49. The summed E-state index contributed by atoms with van der Waals surface area (Å²) >= 11 is 0. The zero-order valence-corrected chi connectivity index (χ0v) is 9.66. The number of methoxy groups -OCH3 is 1. The molecular formula is C12H15NO3. The summed E-state index contributed by atoms with van der Waals surface area (Å²) in [5, 5.41) is 0. The number of ether oxygens (including phenoxy) is 1. The Morgan fingerprint density at radius 3 is 2.44 bits per heavy atom. The van der Waals surface area contributed by atoms with Crippen LogP contribution < -0.4 is 5.73 Å². The minimum absolute atomic E-state index is 0.0646. The summed E-state index contributed by atoms with van der Waals surface area (Å²) in [4.78, 5) is 22.9. The predicted molar refractivity (Wildman–Crippen MR) is 60.6 cm³/mol. The van der Waals surface area contributed by atoms with Crippen molar-refractivity contribution in [3.63, 3.8) is 0 Å². The highest BCUT2D eigenvalue weighted by molar-refractivity contribution is 6.01. The van der Waals surface area contributed by atoms with Crippen molar-refractivity contribution in [2.45, 2.75) is 13.8 Å². The number of hydrogen-bond acceptors (Lipinski definition) is 4. The maximum atomic E-state index is 11.6. The molecule has 86 valence electrons. The molecule has 0 spiro atoms. The zero-order valence-electron chi connectivity index (χ0n) is 9.66. The summed E-state index contributed by atoms with van der Waals surface area (Å²) < 4.78 is 4.62. The average Bonchev–Trinajstić information content (AvgIpc) is 2.30. The second kappa shape index (κ2) is 4.90. The van der Waals surface area contributed by atoms with E-state index in [1.165, 1.54) is 13.2 Å². The summed E-state index contributed by atoms with van der Waals surface area (Å²) in [6, 6.07) is 3.23. The highest BCUT2D eigenvalue weighted by Gasteiger charge is 2.14. The van der Waals surface area contributed by atoms with Crippen LogP contribution in [0.15, 0.2) is 12.1 Å². The van der Waals surface area contributed by atoms with Gasteiger partial charge >= 0.3 is 5.97 Å². The van der Waals surface area contributed by atoms with E-state index in [2.05, 4.69) is 4.74 Å². The lowest BCUT2D eigenvalue weighted by molar-refractivity contribution is 0.0600. The van der Waals surface area contributed by atoms with Crippen molar-refractivity contribution < 1.29 is 14.3 Å². The van der Waals surface area contributed by atoms with Crippen LogP contribution in [-0.2, 0) is 4.74 Å². The highest BCUT2D eigenvalue weighted by Crippen LogP contribution is 2.17. The number of esters is 1. The molecule has 1 aromatic carbocycles. The fourth-order valence-electron chi connectivity index (χ4n) is 1.49. The van der Waals surface area contributed by atoms with Gasteiger partial charge in [-0.2, -0.15) is 0 Å². The number of Topliss-reactive ketones (excluding diaryl/α,β-unsaturated/α-hetero) is 1. The zero-order chi connectivity index (χ0) is 12.3. The Kier molecular flexibility index (Phi) is 3.79. The highest BCUT2D eigenvalue weighted by atomic mass is 16.5. The third-order valence-corrected chi connectivity index (χ3v) is 2.57. The third kappa shape index (κ3) is 2.28. The second-order valence-electron chi connectivity index (χ2n) is 3.58. The summed E-state index contributed by atoms with van der Waals surface area (Å²) in [7, 11) is 1.31. The van der Waals surface area contributed by atoms with Crippen LogP contribution in [-0.4, -0.2) is 25.4 Å². The molecule has 0 radical (unpaired) electrons. The summed E-state index contributed by atoms with van der Waals surface area (Å²) in [6.45, 7) is 3.61. The van der Waals surface area contributed by atoms with Crippen LogP contribution in [0.4, 0.5) is 0 Å². The third-order valence-electron chi connectivity index (χ3n) is 2.57.